The number of nitrogens with zero attached hydrogens (tertiary/aromatic N) is 3. The van der Waals surface area contributed by atoms with Gasteiger partial charge in [-0.15, -0.1) is 0 Å². The monoisotopic (exact) mass is 227 g/mol. The predicted octanol–water partition coefficient (Wildman–Crippen LogP) is 2.17. The quantitative estimate of drug-likeness (QED) is 0.586. The lowest BCUT2D eigenvalue weighted by molar-refractivity contribution is -0.385. The molecule has 6 heteroatoms. The Bertz CT molecular complexity index is 385. The number of aromatic nitrogens is 2. The van der Waals surface area contributed by atoms with Crippen molar-refractivity contribution in [3.63, 3.8) is 0 Å². The number of hydrogen-bond acceptors (Lipinski definition) is 4. The van der Waals surface area contributed by atoms with Crippen molar-refractivity contribution in [2.45, 2.75) is 31.1 Å². The molecular weight excluding hydrogens is 214 g/mol. The van der Waals surface area contributed by atoms with Gasteiger partial charge in [-0.25, -0.2) is 0 Å². The number of nitro groups is 1. The van der Waals surface area contributed by atoms with Crippen LogP contribution in [0.5, 0.6) is 0 Å². The molecule has 2 rings (SSSR count). The van der Waals surface area contributed by atoms with Crippen molar-refractivity contribution in [1.82, 2.24) is 9.78 Å². The first-order chi connectivity index (χ1) is 7.11. The third-order valence-electron chi connectivity index (χ3n) is 2.86. The standard InChI is InChI=1S/C9H13N3O2S/c1-6-9(12(13)14)5-11(10-6)7-3-8(4-7)15-2/h5,7-8H,3-4H2,1-2H3/t7-,8+. The van der Waals surface area contributed by atoms with Crippen LogP contribution in [0.1, 0.15) is 24.6 Å². The van der Waals surface area contributed by atoms with Crippen molar-refractivity contribution in [3.8, 4) is 0 Å². The van der Waals surface area contributed by atoms with E-state index in [2.05, 4.69) is 11.4 Å². The van der Waals surface area contributed by atoms with Crippen LogP contribution in [0, 0.1) is 17.0 Å². The minimum Gasteiger partial charge on any atom is -0.262 e. The van der Waals surface area contributed by atoms with Gasteiger partial charge in [0.05, 0.1) is 11.0 Å². The van der Waals surface area contributed by atoms with Crippen LogP contribution in [0.25, 0.3) is 0 Å². The minimum absolute atomic E-state index is 0.127. The summed E-state index contributed by atoms with van der Waals surface area (Å²) in [5.41, 5.74) is 0.634. The smallest absolute Gasteiger partial charge is 0.262 e. The molecule has 0 aromatic carbocycles. The van der Waals surface area contributed by atoms with Crippen LogP contribution in [0.15, 0.2) is 6.20 Å². The number of hydrogen-bond donors (Lipinski definition) is 0. The normalized spacial score (nSPS) is 24.9. The molecule has 82 valence electrons. The van der Waals surface area contributed by atoms with E-state index in [1.165, 1.54) is 0 Å². The Morgan fingerprint density at radius 1 is 1.67 bits per heavy atom. The maximum atomic E-state index is 10.6. The molecule has 0 N–H and O–H groups in total. The van der Waals surface area contributed by atoms with Gasteiger partial charge < -0.3 is 0 Å². The molecular formula is C9H13N3O2S. The fourth-order valence-corrected chi connectivity index (χ4v) is 2.61. The van der Waals surface area contributed by atoms with E-state index in [0.29, 0.717) is 17.0 Å². The Kier molecular flexibility index (Phi) is 2.68. The average Bonchev–Trinajstić information content (AvgIpc) is 2.45. The summed E-state index contributed by atoms with van der Waals surface area (Å²) < 4.78 is 1.75. The summed E-state index contributed by atoms with van der Waals surface area (Å²) in [5.74, 6) is 0. The Balaban J connectivity index is 2.11. The van der Waals surface area contributed by atoms with E-state index in [9.17, 15) is 10.1 Å². The zero-order valence-electron chi connectivity index (χ0n) is 8.71. The first-order valence-corrected chi connectivity index (χ1v) is 6.13. The highest BCUT2D eigenvalue weighted by atomic mass is 32.2. The van der Waals surface area contributed by atoms with E-state index >= 15 is 0 Å². The summed E-state index contributed by atoms with van der Waals surface area (Å²) >= 11 is 1.85. The summed E-state index contributed by atoms with van der Waals surface area (Å²) in [6.45, 7) is 1.68. The summed E-state index contributed by atoms with van der Waals surface area (Å²) in [6, 6.07) is 0.356. The third kappa shape index (κ3) is 1.86. The second-order valence-electron chi connectivity index (χ2n) is 3.82. The predicted molar refractivity (Wildman–Crippen MR) is 59.2 cm³/mol. The third-order valence-corrected chi connectivity index (χ3v) is 3.92. The lowest BCUT2D eigenvalue weighted by Crippen LogP contribution is -2.28. The average molecular weight is 227 g/mol. The molecule has 0 radical (unpaired) electrons. The zero-order valence-corrected chi connectivity index (χ0v) is 9.53. The van der Waals surface area contributed by atoms with Crippen molar-refractivity contribution in [2.24, 2.45) is 0 Å². The van der Waals surface area contributed by atoms with E-state index < -0.39 is 0 Å². The van der Waals surface area contributed by atoms with Crippen LogP contribution < -0.4 is 0 Å². The lowest BCUT2D eigenvalue weighted by Gasteiger charge is -2.33. The van der Waals surface area contributed by atoms with Crippen molar-refractivity contribution < 1.29 is 4.92 Å². The maximum Gasteiger partial charge on any atom is 0.309 e. The first kappa shape index (κ1) is 10.5. The van der Waals surface area contributed by atoms with Gasteiger partial charge in [-0.05, 0) is 26.0 Å². The van der Waals surface area contributed by atoms with E-state index in [1.54, 1.807) is 17.8 Å². The summed E-state index contributed by atoms with van der Waals surface area (Å²) in [5, 5.41) is 15.5. The molecule has 1 fully saturated rings. The lowest BCUT2D eigenvalue weighted by atomic mass is 9.92. The topological polar surface area (TPSA) is 61.0 Å². The van der Waals surface area contributed by atoms with Gasteiger partial charge in [0.15, 0.2) is 0 Å². The molecule has 1 heterocycles. The van der Waals surface area contributed by atoms with E-state index in [0.717, 1.165) is 12.8 Å². The van der Waals surface area contributed by atoms with E-state index in [-0.39, 0.29) is 10.6 Å². The number of aryl methyl sites for hydroxylation is 1. The van der Waals surface area contributed by atoms with Crippen LogP contribution in [0.3, 0.4) is 0 Å². The Morgan fingerprint density at radius 2 is 2.33 bits per heavy atom. The molecule has 1 aliphatic carbocycles. The highest BCUT2D eigenvalue weighted by molar-refractivity contribution is 7.99. The van der Waals surface area contributed by atoms with E-state index in [4.69, 9.17) is 0 Å². The molecule has 1 aromatic rings. The number of thioether (sulfide) groups is 1. The zero-order chi connectivity index (χ0) is 11.0. The van der Waals surface area contributed by atoms with Crippen molar-refractivity contribution in [2.75, 3.05) is 6.26 Å². The molecule has 0 spiro atoms. The van der Waals surface area contributed by atoms with Crippen LogP contribution in [0.4, 0.5) is 5.69 Å². The molecule has 5 nitrogen and oxygen atoms in total. The van der Waals surface area contributed by atoms with Gasteiger partial charge in [0.25, 0.3) is 0 Å². The first-order valence-electron chi connectivity index (χ1n) is 4.84. The van der Waals surface area contributed by atoms with Crippen LogP contribution in [0.2, 0.25) is 0 Å². The fourth-order valence-electron chi connectivity index (χ4n) is 1.78. The van der Waals surface area contributed by atoms with E-state index in [1.807, 2.05) is 11.8 Å². The van der Waals surface area contributed by atoms with Gasteiger partial charge >= 0.3 is 5.69 Å². The van der Waals surface area contributed by atoms with Crippen LogP contribution >= 0.6 is 11.8 Å². The second kappa shape index (κ2) is 3.84. The molecule has 0 aliphatic heterocycles. The van der Waals surface area contributed by atoms with Crippen LogP contribution in [-0.4, -0.2) is 26.2 Å². The second-order valence-corrected chi connectivity index (χ2v) is 4.96. The molecule has 0 saturated heterocycles. The Morgan fingerprint density at radius 3 is 2.80 bits per heavy atom. The molecule has 1 aromatic heterocycles. The molecule has 0 amide bonds. The summed E-state index contributed by atoms with van der Waals surface area (Å²) in [4.78, 5) is 10.3. The Labute approximate surface area is 92.0 Å². The van der Waals surface area contributed by atoms with Crippen molar-refractivity contribution in [1.29, 1.82) is 0 Å². The van der Waals surface area contributed by atoms with Gasteiger partial charge in [-0.3, -0.25) is 14.8 Å². The molecule has 0 atom stereocenters. The molecule has 0 unspecified atom stereocenters. The summed E-state index contributed by atoms with van der Waals surface area (Å²) in [6.07, 6.45) is 5.78. The largest absolute Gasteiger partial charge is 0.309 e. The highest BCUT2D eigenvalue weighted by Gasteiger charge is 2.31. The molecule has 15 heavy (non-hydrogen) atoms. The Hall–Kier alpha value is -1.04. The summed E-state index contributed by atoms with van der Waals surface area (Å²) in [7, 11) is 0. The highest BCUT2D eigenvalue weighted by Crippen LogP contribution is 2.39. The molecule has 0 bridgehead atoms. The minimum atomic E-state index is -0.371. The van der Waals surface area contributed by atoms with Crippen molar-refractivity contribution >= 4 is 17.4 Å². The molecule has 1 aliphatic rings. The SMILES string of the molecule is CS[C@H]1C[C@@H](n2cc([N+](=O)[O-])c(C)n2)C1. The molecule has 1 saturated carbocycles. The fraction of sp³-hybridized carbons (Fsp3) is 0.667. The van der Waals surface area contributed by atoms with Gasteiger partial charge in [0.2, 0.25) is 0 Å². The maximum absolute atomic E-state index is 10.6. The van der Waals surface area contributed by atoms with Gasteiger partial charge in [-0.1, -0.05) is 0 Å². The van der Waals surface area contributed by atoms with Crippen molar-refractivity contribution in [3.05, 3.63) is 22.0 Å². The van der Waals surface area contributed by atoms with Gasteiger partial charge in [0.1, 0.15) is 11.9 Å². The van der Waals surface area contributed by atoms with Crippen LogP contribution in [-0.2, 0) is 0 Å². The van der Waals surface area contributed by atoms with Gasteiger partial charge in [-0.2, -0.15) is 16.9 Å². The van der Waals surface area contributed by atoms with Gasteiger partial charge in [0, 0.05) is 5.25 Å². The number of rotatable bonds is 3.